The molecule has 3 N–H and O–H groups in total. The monoisotopic (exact) mass is 618 g/mol. The van der Waals surface area contributed by atoms with Crippen molar-refractivity contribution in [2.45, 2.75) is 19.4 Å². The third-order valence-electron chi connectivity index (χ3n) is 7.38. The zero-order valence-electron chi connectivity index (χ0n) is 23.6. The lowest BCUT2D eigenvalue weighted by atomic mass is 10.0. The summed E-state index contributed by atoms with van der Waals surface area (Å²) < 4.78 is 47.0. The Morgan fingerprint density at radius 2 is 1.82 bits per heavy atom. The number of rotatable bonds is 12. The van der Waals surface area contributed by atoms with Crippen LogP contribution in [0.25, 0.3) is 20.9 Å². The highest BCUT2D eigenvalue weighted by Crippen LogP contribution is 2.49. The van der Waals surface area contributed by atoms with Gasteiger partial charge in [-0.05, 0) is 67.4 Å². The first-order chi connectivity index (χ1) is 21.3. The lowest BCUT2D eigenvalue weighted by molar-refractivity contribution is -0.133. The summed E-state index contributed by atoms with van der Waals surface area (Å²) in [5.74, 6) is -0.844. The number of aromatic nitrogens is 1. The molecule has 3 aromatic heterocycles. The van der Waals surface area contributed by atoms with Gasteiger partial charge in [0.1, 0.15) is 28.5 Å². The van der Waals surface area contributed by atoms with Gasteiger partial charge in [-0.3, -0.25) is 19.5 Å². The molecule has 1 aliphatic rings. The number of nitrogens with zero attached hydrogens (tertiary/aromatic N) is 2. The molecule has 0 radical (unpaired) electrons. The van der Waals surface area contributed by atoms with E-state index >= 15 is 4.39 Å². The van der Waals surface area contributed by atoms with Crippen molar-refractivity contribution in [3.05, 3.63) is 90.3 Å². The van der Waals surface area contributed by atoms with Gasteiger partial charge in [0, 0.05) is 37.7 Å². The van der Waals surface area contributed by atoms with Crippen LogP contribution in [0.15, 0.2) is 77.3 Å². The Hall–Kier alpha value is -4.65. The number of methoxy groups -OCH3 is 1. The molecule has 0 saturated heterocycles. The first-order valence-electron chi connectivity index (χ1n) is 13.8. The maximum absolute atomic E-state index is 15.6. The molecule has 2 aromatic carbocycles. The van der Waals surface area contributed by atoms with E-state index in [2.05, 4.69) is 10.3 Å². The van der Waals surface area contributed by atoms with E-state index < -0.39 is 28.9 Å². The van der Waals surface area contributed by atoms with Gasteiger partial charge >= 0.3 is 0 Å². The maximum Gasteiger partial charge on any atom is 0.247 e. The summed E-state index contributed by atoms with van der Waals surface area (Å²) in [4.78, 5) is 32.1. The predicted octanol–water partition coefficient (Wildman–Crippen LogP) is 6.29. The molecule has 1 saturated carbocycles. The molecule has 6 rings (SSSR count). The van der Waals surface area contributed by atoms with Crippen LogP contribution >= 0.6 is 11.3 Å². The van der Waals surface area contributed by atoms with Crippen LogP contribution in [0, 0.1) is 17.0 Å². The second-order valence-corrected chi connectivity index (χ2v) is 11.4. The Kier molecular flexibility index (Phi) is 8.13. The number of pyridine rings is 1. The molecule has 3 heterocycles. The largest absolute Gasteiger partial charge is 0.459 e. The first kappa shape index (κ1) is 29.4. The number of halogens is 2. The van der Waals surface area contributed by atoms with Crippen LogP contribution in [0.3, 0.4) is 0 Å². The first-order valence-corrected chi connectivity index (χ1v) is 14.7. The Labute approximate surface area is 255 Å². The number of nitrogens with two attached hydrogens (primary N) is 1. The zero-order chi connectivity index (χ0) is 30.8. The van der Waals surface area contributed by atoms with Crippen molar-refractivity contribution in [1.82, 2.24) is 10.3 Å². The normalized spacial score (nSPS) is 13.6. The predicted molar refractivity (Wildman–Crippen MR) is 162 cm³/mol. The molecule has 0 bridgehead atoms. The van der Waals surface area contributed by atoms with Crippen molar-refractivity contribution in [3.8, 4) is 22.1 Å². The van der Waals surface area contributed by atoms with Crippen molar-refractivity contribution in [1.29, 1.82) is 0 Å². The van der Waals surface area contributed by atoms with Crippen LogP contribution < -0.4 is 20.7 Å². The zero-order valence-corrected chi connectivity index (χ0v) is 24.5. The van der Waals surface area contributed by atoms with Crippen molar-refractivity contribution < 1.29 is 32.3 Å². The van der Waals surface area contributed by atoms with Crippen LogP contribution in [0.1, 0.15) is 18.6 Å². The van der Waals surface area contributed by atoms with Crippen LogP contribution in [-0.2, 0) is 20.9 Å². The molecule has 1 fully saturated rings. The van der Waals surface area contributed by atoms with E-state index in [4.69, 9.17) is 19.6 Å². The number of ether oxygens (including phenoxy) is 2. The van der Waals surface area contributed by atoms with Gasteiger partial charge in [0.2, 0.25) is 11.8 Å². The lowest BCUT2D eigenvalue weighted by Gasteiger charge is -2.26. The van der Waals surface area contributed by atoms with Crippen molar-refractivity contribution in [3.63, 3.8) is 0 Å². The van der Waals surface area contributed by atoms with Gasteiger partial charge < -0.3 is 24.9 Å². The smallest absolute Gasteiger partial charge is 0.247 e. The lowest BCUT2D eigenvalue weighted by Crippen LogP contribution is -2.41. The second-order valence-electron chi connectivity index (χ2n) is 10.3. The Morgan fingerprint density at radius 1 is 1.05 bits per heavy atom. The molecule has 5 aromatic rings. The SMILES string of the molecule is COCCNCc1ccc(-c2cc3nccc(Oc4ccc(N(C(=O)C5(C(N)=O)CC5)c5ccc(F)cc5)cc4F)c3s2)o1. The minimum Gasteiger partial charge on any atom is -0.459 e. The molecule has 1 aliphatic carbocycles. The number of fused-ring (bicyclic) bond motifs is 1. The molecule has 12 heteroatoms. The molecule has 9 nitrogen and oxygen atoms in total. The van der Waals surface area contributed by atoms with Crippen molar-refractivity contribution in [2.75, 3.05) is 25.2 Å². The number of amides is 2. The fraction of sp³-hybridized carbons (Fsp3) is 0.219. The molecular formula is C32H28F2N4O5S. The summed E-state index contributed by atoms with van der Waals surface area (Å²) in [5, 5.41) is 3.24. The number of furan rings is 1. The quantitative estimate of drug-likeness (QED) is 0.125. The fourth-order valence-corrected chi connectivity index (χ4v) is 5.84. The molecule has 0 atom stereocenters. The third kappa shape index (κ3) is 5.79. The Morgan fingerprint density at radius 3 is 2.52 bits per heavy atom. The molecule has 0 spiro atoms. The van der Waals surface area contributed by atoms with Crippen molar-refractivity contribution in [2.24, 2.45) is 11.1 Å². The maximum atomic E-state index is 15.6. The van der Waals surface area contributed by atoms with Crippen LogP contribution in [0.4, 0.5) is 20.2 Å². The highest BCUT2D eigenvalue weighted by atomic mass is 32.1. The van der Waals surface area contributed by atoms with E-state index in [1.807, 2.05) is 18.2 Å². The van der Waals surface area contributed by atoms with Crippen LogP contribution in [0.2, 0.25) is 0 Å². The van der Waals surface area contributed by atoms with E-state index in [-0.39, 0.29) is 30.0 Å². The number of carbonyl (C=O) groups excluding carboxylic acids is 2. The Balaban J connectivity index is 1.26. The second kappa shape index (κ2) is 12.2. The van der Waals surface area contributed by atoms with Gasteiger partial charge in [-0.2, -0.15) is 0 Å². The average molecular weight is 619 g/mol. The minimum absolute atomic E-state index is 0.0823. The van der Waals surface area contributed by atoms with E-state index in [1.54, 1.807) is 19.4 Å². The molecule has 226 valence electrons. The fourth-order valence-electron chi connectivity index (χ4n) is 4.82. The third-order valence-corrected chi connectivity index (χ3v) is 8.53. The van der Waals surface area contributed by atoms with Gasteiger partial charge in [0.15, 0.2) is 11.6 Å². The molecular weight excluding hydrogens is 590 g/mol. The molecule has 44 heavy (non-hydrogen) atoms. The van der Waals surface area contributed by atoms with E-state index in [0.717, 1.165) is 16.7 Å². The summed E-state index contributed by atoms with van der Waals surface area (Å²) in [6.45, 7) is 1.86. The van der Waals surface area contributed by atoms with E-state index in [0.29, 0.717) is 41.4 Å². The highest BCUT2D eigenvalue weighted by Gasteiger charge is 2.57. The number of thiophene rings is 1. The van der Waals surface area contributed by atoms with Crippen LogP contribution in [-0.4, -0.2) is 37.1 Å². The van der Waals surface area contributed by atoms with Gasteiger partial charge in [0.05, 0.1) is 33.9 Å². The number of nitrogens with one attached hydrogen (secondary N) is 1. The number of carbonyl (C=O) groups is 2. The number of hydrogen-bond donors (Lipinski definition) is 2. The number of primary amides is 1. The summed E-state index contributed by atoms with van der Waals surface area (Å²) >= 11 is 1.40. The summed E-state index contributed by atoms with van der Waals surface area (Å²) in [5.41, 5.74) is 5.24. The average Bonchev–Trinajstić information content (AvgIpc) is 3.50. The van der Waals surface area contributed by atoms with Gasteiger partial charge in [-0.15, -0.1) is 11.3 Å². The van der Waals surface area contributed by atoms with Gasteiger partial charge in [-0.25, -0.2) is 8.78 Å². The minimum atomic E-state index is -1.38. The van der Waals surface area contributed by atoms with Gasteiger partial charge in [0.25, 0.3) is 0 Å². The summed E-state index contributed by atoms with van der Waals surface area (Å²) in [6.07, 6.45) is 2.14. The van der Waals surface area contributed by atoms with E-state index in [1.165, 1.54) is 52.6 Å². The summed E-state index contributed by atoms with van der Waals surface area (Å²) in [7, 11) is 1.65. The number of anilines is 2. The molecule has 2 amide bonds. The molecule has 0 unspecified atom stereocenters. The molecule has 0 aliphatic heterocycles. The van der Waals surface area contributed by atoms with E-state index in [9.17, 15) is 14.0 Å². The topological polar surface area (TPSA) is 120 Å². The Bertz CT molecular complexity index is 1830. The highest BCUT2D eigenvalue weighted by molar-refractivity contribution is 7.22. The van der Waals surface area contributed by atoms with Crippen molar-refractivity contribution >= 4 is 44.7 Å². The number of benzene rings is 2. The van der Waals surface area contributed by atoms with Crippen LogP contribution in [0.5, 0.6) is 11.5 Å². The standard InChI is InChI=1S/C32H28F2N4O5S/c1-41-15-14-36-18-22-7-9-26(42-22)28-17-24-29(44-28)27(10-13-37-24)43-25-8-6-21(16-23(25)34)38(20-4-2-19(33)3-5-20)31(40)32(11-12-32)30(35)39/h2-10,13,16-17,36H,11-12,14-15,18H2,1H3,(H2,35,39). The number of hydrogen-bond acceptors (Lipinski definition) is 8. The summed E-state index contributed by atoms with van der Waals surface area (Å²) in [6, 6.07) is 16.5. The van der Waals surface area contributed by atoms with Gasteiger partial charge in [-0.1, -0.05) is 0 Å².